The Kier molecular flexibility index (Phi) is 3.40. The van der Waals surface area contributed by atoms with Gasteiger partial charge in [-0.25, -0.2) is 0 Å². The number of rotatable bonds is 3. The molecule has 0 aliphatic carbocycles. The third-order valence-electron chi connectivity index (χ3n) is 2.82. The SMILES string of the molecule is CC[C@@H](N)C(=O)Nc1cccc2ccccc12. The number of fused-ring (bicyclic) bond motifs is 1. The second-order valence-corrected chi connectivity index (χ2v) is 4.03. The normalized spacial score (nSPS) is 12.4. The smallest absolute Gasteiger partial charge is 0.241 e. The van der Waals surface area contributed by atoms with Crippen molar-refractivity contribution < 1.29 is 4.79 Å². The molecule has 1 amide bonds. The molecule has 2 rings (SSSR count). The van der Waals surface area contributed by atoms with E-state index in [0.717, 1.165) is 16.5 Å². The molecular formula is C14H16N2O. The Bertz CT molecular complexity index is 531. The van der Waals surface area contributed by atoms with Crippen LogP contribution in [0, 0.1) is 0 Å². The maximum absolute atomic E-state index is 11.8. The summed E-state index contributed by atoms with van der Waals surface area (Å²) in [6.07, 6.45) is 0.636. The van der Waals surface area contributed by atoms with E-state index in [-0.39, 0.29) is 5.91 Å². The molecule has 88 valence electrons. The molecule has 3 nitrogen and oxygen atoms in total. The van der Waals surface area contributed by atoms with Crippen LogP contribution in [0.5, 0.6) is 0 Å². The van der Waals surface area contributed by atoms with Crippen LogP contribution in [0.15, 0.2) is 42.5 Å². The van der Waals surface area contributed by atoms with Gasteiger partial charge in [0.25, 0.3) is 0 Å². The van der Waals surface area contributed by atoms with E-state index in [9.17, 15) is 4.79 Å². The van der Waals surface area contributed by atoms with Gasteiger partial charge in [-0.3, -0.25) is 4.79 Å². The third-order valence-corrected chi connectivity index (χ3v) is 2.82. The van der Waals surface area contributed by atoms with Crippen molar-refractivity contribution in [2.24, 2.45) is 5.73 Å². The van der Waals surface area contributed by atoms with Crippen LogP contribution in [-0.2, 0) is 4.79 Å². The molecular weight excluding hydrogens is 212 g/mol. The maximum Gasteiger partial charge on any atom is 0.241 e. The summed E-state index contributed by atoms with van der Waals surface area (Å²) in [7, 11) is 0. The Hall–Kier alpha value is -1.87. The van der Waals surface area contributed by atoms with Gasteiger partial charge in [-0.2, -0.15) is 0 Å². The van der Waals surface area contributed by atoms with E-state index in [0.29, 0.717) is 6.42 Å². The Morgan fingerprint density at radius 1 is 1.24 bits per heavy atom. The highest BCUT2D eigenvalue weighted by Gasteiger charge is 2.11. The summed E-state index contributed by atoms with van der Waals surface area (Å²) in [5, 5.41) is 5.01. The Morgan fingerprint density at radius 2 is 1.94 bits per heavy atom. The average Bonchev–Trinajstić information content (AvgIpc) is 2.38. The van der Waals surface area contributed by atoms with Gasteiger partial charge in [-0.05, 0) is 17.9 Å². The first-order chi connectivity index (χ1) is 8.22. The van der Waals surface area contributed by atoms with Gasteiger partial charge >= 0.3 is 0 Å². The number of carbonyl (C=O) groups excluding carboxylic acids is 1. The monoisotopic (exact) mass is 228 g/mol. The number of nitrogens with one attached hydrogen (secondary N) is 1. The Morgan fingerprint density at radius 3 is 2.71 bits per heavy atom. The molecule has 0 saturated heterocycles. The van der Waals surface area contributed by atoms with Crippen LogP contribution in [0.25, 0.3) is 10.8 Å². The summed E-state index contributed by atoms with van der Waals surface area (Å²) in [5.41, 5.74) is 6.51. The Balaban J connectivity index is 2.33. The number of benzene rings is 2. The van der Waals surface area contributed by atoms with Crippen LogP contribution < -0.4 is 11.1 Å². The van der Waals surface area contributed by atoms with E-state index in [1.165, 1.54) is 0 Å². The van der Waals surface area contributed by atoms with E-state index in [2.05, 4.69) is 5.32 Å². The average molecular weight is 228 g/mol. The highest BCUT2D eigenvalue weighted by molar-refractivity contribution is 6.03. The van der Waals surface area contributed by atoms with Crippen molar-refractivity contribution >= 4 is 22.4 Å². The van der Waals surface area contributed by atoms with E-state index in [1.807, 2.05) is 49.4 Å². The number of amides is 1. The minimum Gasteiger partial charge on any atom is -0.324 e. The van der Waals surface area contributed by atoms with E-state index < -0.39 is 6.04 Å². The third kappa shape index (κ3) is 2.45. The number of carbonyl (C=O) groups is 1. The lowest BCUT2D eigenvalue weighted by Gasteiger charge is -2.12. The topological polar surface area (TPSA) is 55.1 Å². The molecule has 0 saturated carbocycles. The zero-order chi connectivity index (χ0) is 12.3. The number of anilines is 1. The number of nitrogens with two attached hydrogens (primary N) is 1. The minimum atomic E-state index is -0.450. The molecule has 0 aliphatic rings. The van der Waals surface area contributed by atoms with Crippen LogP contribution >= 0.6 is 0 Å². The van der Waals surface area contributed by atoms with Gasteiger partial charge < -0.3 is 11.1 Å². The van der Waals surface area contributed by atoms with E-state index >= 15 is 0 Å². The molecule has 0 spiro atoms. The summed E-state index contributed by atoms with van der Waals surface area (Å²) >= 11 is 0. The zero-order valence-electron chi connectivity index (χ0n) is 9.81. The standard InChI is InChI=1S/C14H16N2O/c1-2-12(15)14(17)16-13-9-5-7-10-6-3-4-8-11(10)13/h3-9,12H,2,15H2,1H3,(H,16,17)/t12-/m1/s1. The zero-order valence-corrected chi connectivity index (χ0v) is 9.81. The van der Waals surface area contributed by atoms with Crippen LogP contribution in [0.2, 0.25) is 0 Å². The van der Waals surface area contributed by atoms with Crippen molar-refractivity contribution in [1.82, 2.24) is 0 Å². The minimum absolute atomic E-state index is 0.135. The van der Waals surface area contributed by atoms with E-state index in [4.69, 9.17) is 5.73 Å². The summed E-state index contributed by atoms with van der Waals surface area (Å²) in [4.78, 5) is 11.8. The molecule has 0 fully saturated rings. The first kappa shape index (κ1) is 11.6. The molecule has 0 aromatic heterocycles. The first-order valence-corrected chi connectivity index (χ1v) is 5.76. The van der Waals surface area contributed by atoms with Crippen molar-refractivity contribution in [2.75, 3.05) is 5.32 Å². The number of hydrogen-bond acceptors (Lipinski definition) is 2. The molecule has 2 aromatic rings. The van der Waals surface area contributed by atoms with Crippen molar-refractivity contribution in [2.45, 2.75) is 19.4 Å². The molecule has 1 atom stereocenters. The molecule has 0 aliphatic heterocycles. The summed E-state index contributed by atoms with van der Waals surface area (Å²) < 4.78 is 0. The van der Waals surface area contributed by atoms with Gasteiger partial charge in [0.1, 0.15) is 0 Å². The summed E-state index contributed by atoms with van der Waals surface area (Å²) in [5.74, 6) is -0.135. The fourth-order valence-corrected chi connectivity index (χ4v) is 1.75. The van der Waals surface area contributed by atoms with Crippen molar-refractivity contribution in [3.05, 3.63) is 42.5 Å². The fourth-order valence-electron chi connectivity index (χ4n) is 1.75. The summed E-state index contributed by atoms with van der Waals surface area (Å²) in [6, 6.07) is 13.3. The second kappa shape index (κ2) is 4.97. The molecule has 3 heteroatoms. The first-order valence-electron chi connectivity index (χ1n) is 5.76. The van der Waals surface area contributed by atoms with E-state index in [1.54, 1.807) is 0 Å². The number of hydrogen-bond donors (Lipinski definition) is 2. The van der Waals surface area contributed by atoms with Gasteiger partial charge in [0.2, 0.25) is 5.91 Å². The van der Waals surface area contributed by atoms with Crippen molar-refractivity contribution in [3.8, 4) is 0 Å². The Labute approximate surface area is 101 Å². The van der Waals surface area contributed by atoms with Crippen LogP contribution in [0.1, 0.15) is 13.3 Å². The second-order valence-electron chi connectivity index (χ2n) is 4.03. The van der Waals surface area contributed by atoms with Gasteiger partial charge in [-0.1, -0.05) is 43.3 Å². The fraction of sp³-hybridized carbons (Fsp3) is 0.214. The van der Waals surface area contributed by atoms with Crippen LogP contribution in [0.3, 0.4) is 0 Å². The molecule has 3 N–H and O–H groups in total. The van der Waals surface area contributed by atoms with Gasteiger partial charge in [0, 0.05) is 11.1 Å². The lowest BCUT2D eigenvalue weighted by Crippen LogP contribution is -2.34. The highest BCUT2D eigenvalue weighted by atomic mass is 16.2. The largest absolute Gasteiger partial charge is 0.324 e. The van der Waals surface area contributed by atoms with Crippen LogP contribution in [-0.4, -0.2) is 11.9 Å². The van der Waals surface area contributed by atoms with Gasteiger partial charge in [0.05, 0.1) is 6.04 Å². The molecule has 2 aromatic carbocycles. The molecule has 17 heavy (non-hydrogen) atoms. The van der Waals surface area contributed by atoms with Crippen LogP contribution in [0.4, 0.5) is 5.69 Å². The quantitative estimate of drug-likeness (QED) is 0.848. The predicted octanol–water partition coefficient (Wildman–Crippen LogP) is 2.52. The van der Waals surface area contributed by atoms with Gasteiger partial charge in [-0.15, -0.1) is 0 Å². The van der Waals surface area contributed by atoms with Crippen molar-refractivity contribution in [3.63, 3.8) is 0 Å². The highest BCUT2D eigenvalue weighted by Crippen LogP contribution is 2.22. The molecule has 0 unspecified atom stereocenters. The van der Waals surface area contributed by atoms with Gasteiger partial charge in [0.15, 0.2) is 0 Å². The van der Waals surface area contributed by atoms with Crippen molar-refractivity contribution in [1.29, 1.82) is 0 Å². The molecule has 0 bridgehead atoms. The lowest BCUT2D eigenvalue weighted by atomic mass is 10.1. The molecule has 0 heterocycles. The molecule has 0 radical (unpaired) electrons. The summed E-state index contributed by atoms with van der Waals surface area (Å²) in [6.45, 7) is 1.90. The predicted molar refractivity (Wildman–Crippen MR) is 70.8 cm³/mol. The maximum atomic E-state index is 11.8. The lowest BCUT2D eigenvalue weighted by molar-refractivity contribution is -0.117.